The minimum atomic E-state index is -1.03. The summed E-state index contributed by atoms with van der Waals surface area (Å²) in [5.74, 6) is -1.22. The van der Waals surface area contributed by atoms with Crippen molar-refractivity contribution in [1.29, 1.82) is 0 Å². The quantitative estimate of drug-likeness (QED) is 0.828. The largest absolute Gasteiger partial charge is 0.480 e. The maximum absolute atomic E-state index is 12.8. The Bertz CT molecular complexity index is 484. The van der Waals surface area contributed by atoms with Crippen LogP contribution in [0.1, 0.15) is 53.9 Å². The van der Waals surface area contributed by atoms with E-state index in [-0.39, 0.29) is 11.8 Å². The third-order valence-electron chi connectivity index (χ3n) is 3.96. The van der Waals surface area contributed by atoms with E-state index in [4.69, 9.17) is 4.74 Å². The third-order valence-corrected chi connectivity index (χ3v) is 3.96. The molecule has 1 saturated heterocycles. The van der Waals surface area contributed by atoms with Crippen molar-refractivity contribution in [3.63, 3.8) is 0 Å². The van der Waals surface area contributed by atoms with Crippen molar-refractivity contribution in [2.24, 2.45) is 5.92 Å². The number of hydrogen-bond acceptors (Lipinski definition) is 4. The molecule has 1 rings (SSSR count). The van der Waals surface area contributed by atoms with Crippen LogP contribution in [0.25, 0.3) is 0 Å². The highest BCUT2D eigenvalue weighted by molar-refractivity contribution is 5.89. The minimum absolute atomic E-state index is 0.145. The molecule has 0 saturated carbocycles. The molecule has 0 aromatic heterocycles. The highest BCUT2D eigenvalue weighted by Gasteiger charge is 2.40. The van der Waals surface area contributed by atoms with Crippen molar-refractivity contribution in [1.82, 2.24) is 9.80 Å². The SMILES string of the molecule is CC(C)CC(C(=O)O)N(C)C(=O)[C@@H]1CCCN1C(=O)OC(C)(C)C. The van der Waals surface area contributed by atoms with Crippen molar-refractivity contribution < 1.29 is 24.2 Å². The molecule has 24 heavy (non-hydrogen) atoms. The van der Waals surface area contributed by atoms with Gasteiger partial charge >= 0.3 is 12.1 Å². The van der Waals surface area contributed by atoms with Gasteiger partial charge in [0.05, 0.1) is 0 Å². The van der Waals surface area contributed by atoms with Gasteiger partial charge in [0.2, 0.25) is 5.91 Å². The molecular formula is C17H30N2O5. The molecule has 0 aromatic carbocycles. The van der Waals surface area contributed by atoms with Gasteiger partial charge in [-0.3, -0.25) is 9.69 Å². The molecule has 0 bridgehead atoms. The monoisotopic (exact) mass is 342 g/mol. The van der Waals surface area contributed by atoms with Crippen LogP contribution in [0.3, 0.4) is 0 Å². The highest BCUT2D eigenvalue weighted by Crippen LogP contribution is 2.23. The fraction of sp³-hybridized carbons (Fsp3) is 0.824. The minimum Gasteiger partial charge on any atom is -0.480 e. The topological polar surface area (TPSA) is 87.2 Å². The lowest BCUT2D eigenvalue weighted by Crippen LogP contribution is -2.52. The molecule has 2 atom stereocenters. The summed E-state index contributed by atoms with van der Waals surface area (Å²) >= 11 is 0. The number of nitrogens with zero attached hydrogens (tertiary/aromatic N) is 2. The second-order valence-corrected chi connectivity index (χ2v) is 7.76. The fourth-order valence-electron chi connectivity index (χ4n) is 2.82. The Morgan fingerprint density at radius 3 is 2.33 bits per heavy atom. The van der Waals surface area contributed by atoms with E-state index < -0.39 is 29.7 Å². The number of hydrogen-bond donors (Lipinski definition) is 1. The van der Waals surface area contributed by atoms with Crippen LogP contribution < -0.4 is 0 Å². The number of likely N-dealkylation sites (tertiary alicyclic amines) is 1. The van der Waals surface area contributed by atoms with Crippen LogP contribution in [0, 0.1) is 5.92 Å². The van der Waals surface area contributed by atoms with Crippen molar-refractivity contribution >= 4 is 18.0 Å². The van der Waals surface area contributed by atoms with Gasteiger partial charge in [0.25, 0.3) is 0 Å². The van der Waals surface area contributed by atoms with Crippen LogP contribution in [0.15, 0.2) is 0 Å². The Kier molecular flexibility index (Phi) is 6.63. The molecule has 0 aliphatic carbocycles. The molecule has 1 aliphatic heterocycles. The smallest absolute Gasteiger partial charge is 0.410 e. The molecule has 138 valence electrons. The first-order chi connectivity index (χ1) is 10.9. The van der Waals surface area contributed by atoms with Crippen molar-refractivity contribution in [2.75, 3.05) is 13.6 Å². The summed E-state index contributed by atoms with van der Waals surface area (Å²) in [7, 11) is 1.50. The van der Waals surface area contributed by atoms with Crippen LogP contribution in [0.4, 0.5) is 4.79 Å². The summed E-state index contributed by atoms with van der Waals surface area (Å²) in [6.07, 6.45) is 1.07. The van der Waals surface area contributed by atoms with E-state index in [9.17, 15) is 19.5 Å². The molecule has 2 amide bonds. The third kappa shape index (κ3) is 5.39. The van der Waals surface area contributed by atoms with Gasteiger partial charge in [0.15, 0.2) is 0 Å². The lowest BCUT2D eigenvalue weighted by Gasteiger charge is -2.32. The number of ether oxygens (including phenoxy) is 1. The van der Waals surface area contributed by atoms with Crippen molar-refractivity contribution in [2.45, 2.75) is 71.6 Å². The summed E-state index contributed by atoms with van der Waals surface area (Å²) in [5.41, 5.74) is -0.638. The molecule has 7 nitrogen and oxygen atoms in total. The highest BCUT2D eigenvalue weighted by atomic mass is 16.6. The maximum Gasteiger partial charge on any atom is 0.410 e. The lowest BCUT2D eigenvalue weighted by atomic mass is 10.0. The zero-order valence-electron chi connectivity index (χ0n) is 15.5. The molecule has 1 heterocycles. The van der Waals surface area contributed by atoms with Crippen LogP contribution >= 0.6 is 0 Å². The molecule has 0 spiro atoms. The van der Waals surface area contributed by atoms with Crippen molar-refractivity contribution in [3.8, 4) is 0 Å². The van der Waals surface area contributed by atoms with Crippen molar-refractivity contribution in [3.05, 3.63) is 0 Å². The molecule has 7 heteroatoms. The number of carbonyl (C=O) groups excluding carboxylic acids is 2. The van der Waals surface area contributed by atoms with Gasteiger partial charge in [-0.05, 0) is 46.0 Å². The average molecular weight is 342 g/mol. The number of rotatable bonds is 5. The van der Waals surface area contributed by atoms with Gasteiger partial charge in [-0.25, -0.2) is 9.59 Å². The molecular weight excluding hydrogens is 312 g/mol. The van der Waals surface area contributed by atoms with Gasteiger partial charge in [-0.2, -0.15) is 0 Å². The first-order valence-corrected chi connectivity index (χ1v) is 8.43. The number of carboxylic acid groups (broad SMARTS) is 1. The van der Waals surface area contributed by atoms with Crippen LogP contribution in [0.2, 0.25) is 0 Å². The predicted octanol–water partition coefficient (Wildman–Crippen LogP) is 2.34. The van der Waals surface area contributed by atoms with Crippen LogP contribution in [-0.4, -0.2) is 64.2 Å². The van der Waals surface area contributed by atoms with E-state index >= 15 is 0 Å². The summed E-state index contributed by atoms with van der Waals surface area (Å²) < 4.78 is 5.35. The van der Waals surface area contributed by atoms with E-state index in [1.54, 1.807) is 20.8 Å². The normalized spacial score (nSPS) is 19.3. The van der Waals surface area contributed by atoms with Gasteiger partial charge in [0.1, 0.15) is 17.7 Å². The van der Waals surface area contributed by atoms with E-state index in [0.29, 0.717) is 25.8 Å². The molecule has 1 N–H and O–H groups in total. The molecule has 1 aliphatic rings. The van der Waals surface area contributed by atoms with Gasteiger partial charge in [0, 0.05) is 13.6 Å². The Hall–Kier alpha value is -1.79. The Morgan fingerprint density at radius 1 is 1.29 bits per heavy atom. The van der Waals surface area contributed by atoms with Gasteiger partial charge in [-0.15, -0.1) is 0 Å². The second kappa shape index (κ2) is 7.85. The second-order valence-electron chi connectivity index (χ2n) is 7.76. The van der Waals surface area contributed by atoms with Gasteiger partial charge < -0.3 is 14.7 Å². The number of likely N-dealkylation sites (N-methyl/N-ethyl adjacent to an activating group) is 1. The number of amides is 2. The number of aliphatic carboxylic acids is 1. The lowest BCUT2D eigenvalue weighted by molar-refractivity contribution is -0.151. The van der Waals surface area contributed by atoms with E-state index in [1.165, 1.54) is 16.8 Å². The summed E-state index contributed by atoms with van der Waals surface area (Å²) in [6.45, 7) is 9.59. The standard InChI is InChI=1S/C17H30N2O5/c1-11(2)10-13(15(21)22)18(6)14(20)12-8-7-9-19(12)16(23)24-17(3,4)5/h11-13H,7-10H2,1-6H3,(H,21,22)/t12-,13?/m0/s1. The Labute approximate surface area is 143 Å². The van der Waals surface area contributed by atoms with E-state index in [0.717, 1.165) is 0 Å². The Balaban J connectivity index is 2.87. The maximum atomic E-state index is 12.8. The predicted molar refractivity (Wildman–Crippen MR) is 89.6 cm³/mol. The average Bonchev–Trinajstić information content (AvgIpc) is 2.90. The zero-order chi connectivity index (χ0) is 18.7. The summed E-state index contributed by atoms with van der Waals surface area (Å²) in [4.78, 5) is 39.2. The summed E-state index contributed by atoms with van der Waals surface area (Å²) in [5, 5.41) is 9.41. The molecule has 1 unspecified atom stereocenters. The zero-order valence-corrected chi connectivity index (χ0v) is 15.5. The first-order valence-electron chi connectivity index (χ1n) is 8.43. The van der Waals surface area contributed by atoms with E-state index in [1.807, 2.05) is 13.8 Å². The van der Waals surface area contributed by atoms with Gasteiger partial charge in [-0.1, -0.05) is 13.8 Å². The van der Waals surface area contributed by atoms with Crippen LogP contribution in [-0.2, 0) is 14.3 Å². The number of carbonyl (C=O) groups is 3. The summed E-state index contributed by atoms with van der Waals surface area (Å²) in [6, 6.07) is -1.54. The fourth-order valence-corrected chi connectivity index (χ4v) is 2.82. The number of carboxylic acids is 1. The molecule has 1 fully saturated rings. The molecule has 0 radical (unpaired) electrons. The van der Waals surface area contributed by atoms with Crippen LogP contribution in [0.5, 0.6) is 0 Å². The van der Waals surface area contributed by atoms with E-state index in [2.05, 4.69) is 0 Å². The Morgan fingerprint density at radius 2 is 1.88 bits per heavy atom. The molecule has 0 aromatic rings. The first kappa shape index (κ1) is 20.3.